The Morgan fingerprint density at radius 2 is 1.76 bits per heavy atom. The van der Waals surface area contributed by atoms with Crippen LogP contribution < -0.4 is 14.4 Å². The molecule has 0 saturated carbocycles. The van der Waals surface area contributed by atoms with Crippen LogP contribution in [-0.2, 0) is 9.59 Å². The van der Waals surface area contributed by atoms with Crippen molar-refractivity contribution in [1.82, 2.24) is 4.98 Å². The lowest BCUT2D eigenvalue weighted by Crippen LogP contribution is -2.29. The quantitative estimate of drug-likeness (QED) is 0.126. The summed E-state index contributed by atoms with van der Waals surface area (Å²) in [6, 6.07) is 16.0. The van der Waals surface area contributed by atoms with Gasteiger partial charge < -0.3 is 14.6 Å². The number of rotatable bonds is 6. The first kappa shape index (κ1) is 23.9. The number of benzene rings is 3. The minimum absolute atomic E-state index is 0.201. The zero-order valence-electron chi connectivity index (χ0n) is 19.6. The molecule has 1 unspecified atom stereocenters. The van der Waals surface area contributed by atoms with Gasteiger partial charge in [0, 0.05) is 17.7 Å². The van der Waals surface area contributed by atoms with E-state index in [1.54, 1.807) is 42.5 Å². The van der Waals surface area contributed by atoms with E-state index in [1.807, 2.05) is 0 Å². The smallest absolute Gasteiger partial charge is 0.301 e. The normalized spacial score (nSPS) is 16.8. The first-order valence-corrected chi connectivity index (χ1v) is 11.8. The van der Waals surface area contributed by atoms with Crippen LogP contribution in [0.25, 0.3) is 16.0 Å². The summed E-state index contributed by atoms with van der Waals surface area (Å²) in [5.74, 6) is -1.25. The Labute approximate surface area is 214 Å². The van der Waals surface area contributed by atoms with Crippen molar-refractivity contribution in [3.63, 3.8) is 0 Å². The third kappa shape index (κ3) is 4.15. The molecular weight excluding hydrogens is 498 g/mol. The predicted molar refractivity (Wildman–Crippen MR) is 137 cm³/mol. The minimum atomic E-state index is -1.16. The van der Waals surface area contributed by atoms with Crippen LogP contribution in [0.2, 0.25) is 0 Å². The summed E-state index contributed by atoms with van der Waals surface area (Å²) in [6.07, 6.45) is 0. The molecular formula is C26H19N3O7S. The average molecular weight is 518 g/mol. The van der Waals surface area contributed by atoms with Gasteiger partial charge >= 0.3 is 5.91 Å². The summed E-state index contributed by atoms with van der Waals surface area (Å²) in [5.41, 5.74) is 0.666. The number of hydrogen-bond acceptors (Lipinski definition) is 9. The fraction of sp³-hybridized carbons (Fsp3) is 0.115. The second-order valence-corrected chi connectivity index (χ2v) is 9.09. The van der Waals surface area contributed by atoms with Gasteiger partial charge in [-0.25, -0.2) is 4.98 Å². The fourth-order valence-electron chi connectivity index (χ4n) is 4.20. The molecule has 0 aliphatic carbocycles. The lowest BCUT2D eigenvalue weighted by molar-refractivity contribution is -0.384. The molecule has 5 rings (SSSR count). The summed E-state index contributed by atoms with van der Waals surface area (Å²) in [5, 5.41) is 23.0. The van der Waals surface area contributed by atoms with Gasteiger partial charge in [0.25, 0.3) is 11.5 Å². The number of aliphatic hydroxyl groups excluding tert-OH is 1. The Balaban J connectivity index is 1.74. The van der Waals surface area contributed by atoms with Crippen molar-refractivity contribution >= 4 is 49.8 Å². The van der Waals surface area contributed by atoms with Gasteiger partial charge in [-0.15, -0.1) is 0 Å². The van der Waals surface area contributed by atoms with Crippen molar-refractivity contribution in [2.45, 2.75) is 6.04 Å². The molecule has 10 nitrogen and oxygen atoms in total. The van der Waals surface area contributed by atoms with Crippen LogP contribution in [0.3, 0.4) is 0 Å². The molecule has 186 valence electrons. The van der Waals surface area contributed by atoms with Crippen LogP contribution in [0, 0.1) is 10.1 Å². The second-order valence-electron chi connectivity index (χ2n) is 8.08. The molecule has 1 aromatic heterocycles. The van der Waals surface area contributed by atoms with E-state index in [-0.39, 0.29) is 27.5 Å². The number of carbonyl (C=O) groups excluding carboxylic acids is 2. The molecule has 1 atom stereocenters. The number of aromatic nitrogens is 1. The van der Waals surface area contributed by atoms with E-state index in [2.05, 4.69) is 4.98 Å². The number of hydrogen-bond donors (Lipinski definition) is 1. The van der Waals surface area contributed by atoms with Crippen LogP contribution in [0.5, 0.6) is 11.5 Å². The van der Waals surface area contributed by atoms with Gasteiger partial charge in [0.15, 0.2) is 5.13 Å². The molecule has 37 heavy (non-hydrogen) atoms. The zero-order valence-corrected chi connectivity index (χ0v) is 20.4. The summed E-state index contributed by atoms with van der Waals surface area (Å²) in [7, 11) is 2.99. The Morgan fingerprint density at radius 3 is 2.49 bits per heavy atom. The van der Waals surface area contributed by atoms with E-state index in [0.717, 1.165) is 11.3 Å². The highest BCUT2D eigenvalue weighted by Gasteiger charge is 2.48. The molecule has 1 fully saturated rings. The van der Waals surface area contributed by atoms with Crippen LogP contribution in [0.4, 0.5) is 10.8 Å². The van der Waals surface area contributed by atoms with E-state index in [4.69, 9.17) is 9.47 Å². The van der Waals surface area contributed by atoms with Crippen LogP contribution in [-0.4, -0.2) is 40.9 Å². The first-order chi connectivity index (χ1) is 17.8. The Kier molecular flexibility index (Phi) is 6.06. The number of thiazole rings is 1. The van der Waals surface area contributed by atoms with Crippen LogP contribution in [0.15, 0.2) is 72.3 Å². The maximum absolute atomic E-state index is 13.4. The fourth-order valence-corrected chi connectivity index (χ4v) is 5.22. The Morgan fingerprint density at radius 1 is 1.03 bits per heavy atom. The molecule has 1 aliphatic heterocycles. The summed E-state index contributed by atoms with van der Waals surface area (Å²) < 4.78 is 11.2. The highest BCUT2D eigenvalue weighted by atomic mass is 32.1. The van der Waals surface area contributed by atoms with E-state index < -0.39 is 28.4 Å². The molecule has 1 amide bonds. The molecule has 0 spiro atoms. The highest BCUT2D eigenvalue weighted by molar-refractivity contribution is 7.22. The first-order valence-electron chi connectivity index (χ1n) is 11.0. The molecule has 1 N–H and O–H groups in total. The third-order valence-corrected chi connectivity index (χ3v) is 6.99. The molecule has 4 aromatic rings. The van der Waals surface area contributed by atoms with Crippen LogP contribution >= 0.6 is 11.3 Å². The van der Waals surface area contributed by atoms with Gasteiger partial charge in [-0.05, 0) is 35.9 Å². The number of methoxy groups -OCH3 is 2. The summed E-state index contributed by atoms with van der Waals surface area (Å²) in [6.45, 7) is 0. The zero-order chi connectivity index (χ0) is 26.3. The number of carbonyl (C=O) groups is 2. The number of ketones is 1. The largest absolute Gasteiger partial charge is 0.507 e. The maximum atomic E-state index is 13.4. The number of fused-ring (bicyclic) bond motifs is 1. The van der Waals surface area contributed by atoms with Crippen molar-refractivity contribution in [2.75, 3.05) is 19.1 Å². The van der Waals surface area contributed by atoms with Crippen molar-refractivity contribution in [3.8, 4) is 11.5 Å². The molecule has 0 radical (unpaired) electrons. The number of nitro benzene ring substituents is 1. The highest BCUT2D eigenvalue weighted by Crippen LogP contribution is 2.45. The second kappa shape index (κ2) is 9.36. The lowest BCUT2D eigenvalue weighted by atomic mass is 9.95. The van der Waals surface area contributed by atoms with E-state index in [0.29, 0.717) is 21.7 Å². The monoisotopic (exact) mass is 517 g/mol. The van der Waals surface area contributed by atoms with Gasteiger partial charge in [0.2, 0.25) is 0 Å². The number of nitrogens with zero attached hydrogens (tertiary/aromatic N) is 3. The average Bonchev–Trinajstić information content (AvgIpc) is 3.45. The van der Waals surface area contributed by atoms with Gasteiger partial charge in [-0.2, -0.15) is 0 Å². The maximum Gasteiger partial charge on any atom is 0.301 e. The standard InChI is InChI=1S/C26H19N3O7S/c1-35-17-8-4-6-15(12-17)23(30)21-22(14-5-3-7-16(11-14)29(33)34)28(25(32)24(21)31)26-27-19-10-9-18(36-2)13-20(19)37-26/h3-13,22,30H,1-2H3. The predicted octanol–water partition coefficient (Wildman–Crippen LogP) is 4.85. The molecule has 1 saturated heterocycles. The summed E-state index contributed by atoms with van der Waals surface area (Å²) in [4.78, 5) is 43.4. The number of non-ortho nitro benzene ring substituents is 1. The number of anilines is 1. The number of amides is 1. The number of aliphatic hydroxyl groups is 1. The van der Waals surface area contributed by atoms with Crippen molar-refractivity contribution < 1.29 is 29.1 Å². The van der Waals surface area contributed by atoms with E-state index >= 15 is 0 Å². The van der Waals surface area contributed by atoms with Crippen molar-refractivity contribution in [1.29, 1.82) is 0 Å². The van der Waals surface area contributed by atoms with Crippen molar-refractivity contribution in [3.05, 3.63) is 93.5 Å². The Bertz CT molecular complexity index is 1610. The summed E-state index contributed by atoms with van der Waals surface area (Å²) >= 11 is 1.16. The topological polar surface area (TPSA) is 132 Å². The van der Waals surface area contributed by atoms with Gasteiger partial charge in [-0.1, -0.05) is 35.6 Å². The van der Waals surface area contributed by atoms with Crippen molar-refractivity contribution in [2.24, 2.45) is 0 Å². The minimum Gasteiger partial charge on any atom is -0.507 e. The number of Topliss-reactive ketones (excluding diaryl/α,β-unsaturated/α-hetero) is 1. The van der Waals surface area contributed by atoms with Gasteiger partial charge in [0.05, 0.1) is 41.0 Å². The van der Waals surface area contributed by atoms with E-state index in [9.17, 15) is 24.8 Å². The molecule has 0 bridgehead atoms. The number of nitro groups is 1. The molecule has 2 heterocycles. The molecule has 1 aliphatic rings. The SMILES string of the molecule is COc1cccc(C(O)=C2C(=O)C(=O)N(c3nc4ccc(OC)cc4s3)C2c2cccc([N+](=O)[O-])c2)c1. The van der Waals surface area contributed by atoms with Crippen LogP contribution in [0.1, 0.15) is 17.2 Å². The molecule has 3 aromatic carbocycles. The molecule has 11 heteroatoms. The number of ether oxygens (including phenoxy) is 2. The lowest BCUT2D eigenvalue weighted by Gasteiger charge is -2.22. The van der Waals surface area contributed by atoms with E-state index in [1.165, 1.54) is 43.4 Å². The van der Waals surface area contributed by atoms with Gasteiger partial charge in [0.1, 0.15) is 17.3 Å². The Hall–Kier alpha value is -4.77. The third-order valence-electron chi connectivity index (χ3n) is 5.97. The van der Waals surface area contributed by atoms with Gasteiger partial charge in [-0.3, -0.25) is 24.6 Å².